The number of quaternary nitrogens is 1. The number of ether oxygens (including phenoxy) is 2. The predicted molar refractivity (Wildman–Crippen MR) is 188 cm³/mol. The molecular formula is C36H49N8O8+. The van der Waals surface area contributed by atoms with E-state index in [1.165, 1.54) is 0 Å². The minimum Gasteiger partial charge on any atom is -0.484 e. The number of benzene rings is 2. The van der Waals surface area contributed by atoms with Gasteiger partial charge in [0.1, 0.15) is 11.5 Å². The van der Waals surface area contributed by atoms with Crippen molar-refractivity contribution in [1.82, 2.24) is 24.9 Å². The van der Waals surface area contributed by atoms with E-state index in [1.807, 2.05) is 24.3 Å². The van der Waals surface area contributed by atoms with E-state index in [1.54, 1.807) is 43.9 Å². The number of carbonyl (C=O) groups is 6. The second-order valence-corrected chi connectivity index (χ2v) is 13.2. The zero-order valence-corrected chi connectivity index (χ0v) is 29.5. The summed E-state index contributed by atoms with van der Waals surface area (Å²) < 4.78 is 10.8. The van der Waals surface area contributed by atoms with Crippen molar-refractivity contribution in [2.24, 2.45) is 11.5 Å². The number of hydrogen-bond acceptors (Lipinski definition) is 10. The van der Waals surface area contributed by atoms with E-state index in [2.05, 4.69) is 5.32 Å². The maximum absolute atomic E-state index is 13.7. The number of nitrogens with zero attached hydrogens (tertiary/aromatic N) is 5. The average molecular weight is 722 g/mol. The second kappa shape index (κ2) is 17.9. The molecule has 2 aromatic rings. The van der Waals surface area contributed by atoms with Crippen molar-refractivity contribution in [3.8, 4) is 11.5 Å². The maximum Gasteiger partial charge on any atom is 0.316 e. The van der Waals surface area contributed by atoms with Gasteiger partial charge in [0.15, 0.2) is 26.3 Å². The molecule has 0 saturated carbocycles. The van der Waals surface area contributed by atoms with Gasteiger partial charge in [-0.25, -0.2) is 9.28 Å². The lowest BCUT2D eigenvalue weighted by Gasteiger charge is -2.41. The van der Waals surface area contributed by atoms with Crippen LogP contribution in [0, 0.1) is 0 Å². The fourth-order valence-electron chi connectivity index (χ4n) is 6.51. The molecule has 3 heterocycles. The molecule has 3 fully saturated rings. The molecule has 3 saturated heterocycles. The molecule has 0 aliphatic carbocycles. The maximum atomic E-state index is 13.7. The number of carbonyl (C=O) groups excluding carboxylic acids is 6. The summed E-state index contributed by atoms with van der Waals surface area (Å²) in [6, 6.07) is 14.4. The number of nitrogens with two attached hydrogens (primary N) is 2. The molecule has 16 nitrogen and oxygen atoms in total. The molecule has 0 radical (unpaired) electrons. The van der Waals surface area contributed by atoms with Gasteiger partial charge in [-0.2, -0.15) is 0 Å². The van der Waals surface area contributed by atoms with Crippen molar-refractivity contribution >= 4 is 35.4 Å². The second-order valence-electron chi connectivity index (χ2n) is 13.2. The quantitative estimate of drug-likeness (QED) is 0.221. The first-order valence-electron chi connectivity index (χ1n) is 17.7. The van der Waals surface area contributed by atoms with Gasteiger partial charge in [-0.15, -0.1) is 0 Å². The Labute approximate surface area is 303 Å². The van der Waals surface area contributed by atoms with Crippen LogP contribution in [0.2, 0.25) is 0 Å². The van der Waals surface area contributed by atoms with E-state index in [4.69, 9.17) is 20.9 Å². The summed E-state index contributed by atoms with van der Waals surface area (Å²) in [5.41, 5.74) is 13.2. The predicted octanol–water partition coefficient (Wildman–Crippen LogP) is -1.34. The standard InChI is InChI=1S/C36H48N8O8/c37-21-27-1-5-29(6-2-27)51-25-34(48)42-16-12-40(13-17-42)32(46)23-44(20-10-31(45)39-11-9-36(44)50)24-33(47)41-14-18-43(19-15-41)35(49)26-52-30-7-3-28(22-38)4-8-30/h1-8H,9-26,37-38H2/p+1. The van der Waals surface area contributed by atoms with Crippen LogP contribution < -0.4 is 26.3 Å². The highest BCUT2D eigenvalue weighted by Crippen LogP contribution is 2.19. The Morgan fingerprint density at radius 3 is 1.37 bits per heavy atom. The molecule has 2 aromatic carbocycles. The number of hydrogen-bond donors (Lipinski definition) is 3. The molecule has 0 spiro atoms. The number of piperazine rings is 2. The first-order chi connectivity index (χ1) is 25.1. The Kier molecular flexibility index (Phi) is 13.2. The van der Waals surface area contributed by atoms with E-state index in [0.29, 0.717) is 50.8 Å². The van der Waals surface area contributed by atoms with Crippen LogP contribution in [0.5, 0.6) is 11.5 Å². The van der Waals surface area contributed by atoms with Crippen molar-refractivity contribution < 1.29 is 42.7 Å². The molecular weight excluding hydrogens is 672 g/mol. The van der Waals surface area contributed by atoms with Crippen LogP contribution >= 0.6 is 0 Å². The van der Waals surface area contributed by atoms with Crippen molar-refractivity contribution in [3.05, 3.63) is 59.7 Å². The fraction of sp³-hybridized carbons (Fsp3) is 0.500. The SMILES string of the molecule is NCc1ccc(OCC(=O)N2CCN(C(=O)C[N+]3(CC(=O)N4CCN(C(=O)COc5ccc(CN)cc5)CC4)CCC(=O)NCCC3=O)CC2)cc1. The summed E-state index contributed by atoms with van der Waals surface area (Å²) in [6.45, 7) is 2.35. The Balaban J connectivity index is 1.14. The van der Waals surface area contributed by atoms with Crippen LogP contribution in [-0.4, -0.2) is 151 Å². The van der Waals surface area contributed by atoms with Crippen LogP contribution in [0.15, 0.2) is 48.5 Å². The summed E-state index contributed by atoms with van der Waals surface area (Å²) in [7, 11) is 0. The first kappa shape index (κ1) is 38.2. The lowest BCUT2D eigenvalue weighted by atomic mass is 10.1. The van der Waals surface area contributed by atoms with Gasteiger partial charge in [-0.05, 0) is 35.4 Å². The van der Waals surface area contributed by atoms with E-state index in [9.17, 15) is 28.8 Å². The number of amides is 6. The van der Waals surface area contributed by atoms with Gasteiger partial charge in [0.05, 0.1) is 19.4 Å². The Hall–Kier alpha value is -5.06. The zero-order valence-electron chi connectivity index (χ0n) is 29.5. The Bertz CT molecular complexity index is 1490. The Morgan fingerprint density at radius 2 is 0.981 bits per heavy atom. The summed E-state index contributed by atoms with van der Waals surface area (Å²) in [5.74, 6) is -0.484. The Morgan fingerprint density at radius 1 is 0.596 bits per heavy atom. The molecule has 0 unspecified atom stereocenters. The smallest absolute Gasteiger partial charge is 0.316 e. The van der Waals surface area contributed by atoms with Crippen LogP contribution in [0.1, 0.15) is 24.0 Å². The third-order valence-corrected chi connectivity index (χ3v) is 9.85. The van der Waals surface area contributed by atoms with Crippen molar-refractivity contribution in [3.63, 3.8) is 0 Å². The average Bonchev–Trinajstić information content (AvgIpc) is 3.18. The molecule has 5 rings (SSSR count). The number of nitrogens with one attached hydrogen (secondary N) is 1. The van der Waals surface area contributed by atoms with E-state index < -0.39 is 4.48 Å². The molecule has 5 N–H and O–H groups in total. The van der Waals surface area contributed by atoms with Crippen molar-refractivity contribution in [1.29, 1.82) is 0 Å². The molecule has 280 valence electrons. The van der Waals surface area contributed by atoms with Crippen LogP contribution in [0.3, 0.4) is 0 Å². The van der Waals surface area contributed by atoms with E-state index in [0.717, 1.165) is 11.1 Å². The van der Waals surface area contributed by atoms with Gasteiger partial charge < -0.3 is 45.9 Å². The van der Waals surface area contributed by atoms with Crippen LogP contribution in [0.25, 0.3) is 0 Å². The van der Waals surface area contributed by atoms with Crippen molar-refractivity contribution in [2.45, 2.75) is 25.9 Å². The van der Waals surface area contributed by atoms with Gasteiger partial charge in [0.2, 0.25) is 5.91 Å². The molecule has 0 bridgehead atoms. The van der Waals surface area contributed by atoms with Gasteiger partial charge in [-0.3, -0.25) is 24.0 Å². The van der Waals surface area contributed by atoms with Crippen molar-refractivity contribution in [2.75, 3.05) is 91.8 Å². The third-order valence-electron chi connectivity index (χ3n) is 9.85. The minimum atomic E-state index is -0.461. The largest absolute Gasteiger partial charge is 0.484 e. The first-order valence-corrected chi connectivity index (χ1v) is 17.7. The lowest BCUT2D eigenvalue weighted by Crippen LogP contribution is -2.65. The van der Waals surface area contributed by atoms with Gasteiger partial charge in [0, 0.05) is 72.0 Å². The molecule has 6 amide bonds. The molecule has 16 heteroatoms. The molecule has 3 aliphatic rings. The highest BCUT2D eigenvalue weighted by atomic mass is 16.5. The van der Waals surface area contributed by atoms with Crippen LogP contribution in [0.4, 0.5) is 0 Å². The molecule has 0 aromatic heterocycles. The highest BCUT2D eigenvalue weighted by Gasteiger charge is 2.44. The monoisotopic (exact) mass is 721 g/mol. The fourth-order valence-corrected chi connectivity index (χ4v) is 6.51. The summed E-state index contributed by atoms with van der Waals surface area (Å²) >= 11 is 0. The summed E-state index contributed by atoms with van der Waals surface area (Å²) in [6.07, 6.45) is -0.0263. The summed E-state index contributed by atoms with van der Waals surface area (Å²) in [4.78, 5) is 85.8. The lowest BCUT2D eigenvalue weighted by molar-refractivity contribution is -0.839. The molecule has 3 aliphatic heterocycles. The van der Waals surface area contributed by atoms with Gasteiger partial charge in [-0.1, -0.05) is 24.3 Å². The van der Waals surface area contributed by atoms with E-state index >= 15 is 0 Å². The normalized spacial score (nSPS) is 17.9. The molecule has 0 atom stereocenters. The highest BCUT2D eigenvalue weighted by molar-refractivity contribution is 5.86. The minimum absolute atomic E-state index is 0.00620. The molecule has 52 heavy (non-hydrogen) atoms. The van der Waals surface area contributed by atoms with Gasteiger partial charge in [0.25, 0.3) is 23.6 Å². The van der Waals surface area contributed by atoms with Crippen LogP contribution in [-0.2, 0) is 41.9 Å². The topological polar surface area (TPSA) is 198 Å². The summed E-state index contributed by atoms with van der Waals surface area (Å²) in [5, 5.41) is 2.70. The zero-order chi connectivity index (χ0) is 37.1. The van der Waals surface area contributed by atoms with E-state index in [-0.39, 0.29) is 114 Å². The van der Waals surface area contributed by atoms with Gasteiger partial charge >= 0.3 is 5.91 Å². The number of rotatable bonds is 12. The third kappa shape index (κ3) is 10.0.